The minimum absolute atomic E-state index is 0.00271. The molecule has 0 saturated carbocycles. The number of ketones is 1. The summed E-state index contributed by atoms with van der Waals surface area (Å²) in [5, 5.41) is 6.67. The number of nitrogens with zero attached hydrogens (tertiary/aromatic N) is 2. The Morgan fingerprint density at radius 2 is 1.73 bits per heavy atom. The van der Waals surface area contributed by atoms with Crippen molar-refractivity contribution in [1.82, 2.24) is 4.98 Å². The maximum absolute atomic E-state index is 15.1. The molecule has 0 bridgehead atoms. The van der Waals surface area contributed by atoms with E-state index in [1.807, 2.05) is 55.5 Å². The zero-order valence-corrected chi connectivity index (χ0v) is 22.5. The van der Waals surface area contributed by atoms with Gasteiger partial charge in [0.25, 0.3) is 0 Å². The molecular formula is C35H29FN2O2. The van der Waals surface area contributed by atoms with Crippen molar-refractivity contribution < 1.29 is 14.0 Å². The van der Waals surface area contributed by atoms with Crippen molar-refractivity contribution in [1.29, 1.82) is 0 Å². The largest absolute Gasteiger partial charge is 0.385 e. The lowest BCUT2D eigenvalue weighted by Crippen LogP contribution is -2.08. The van der Waals surface area contributed by atoms with Gasteiger partial charge >= 0.3 is 0 Å². The summed E-state index contributed by atoms with van der Waals surface area (Å²) in [4.78, 5) is 23.8. The van der Waals surface area contributed by atoms with Gasteiger partial charge in [0.1, 0.15) is 5.82 Å². The highest BCUT2D eigenvalue weighted by Gasteiger charge is 2.26. The fourth-order valence-corrected chi connectivity index (χ4v) is 5.27. The van der Waals surface area contributed by atoms with E-state index < -0.39 is 0 Å². The molecule has 5 heteroatoms. The summed E-state index contributed by atoms with van der Waals surface area (Å²) < 4.78 is 15.1. The number of carbonyl (C=O) groups excluding carboxylic acids is 1. The first-order valence-electron chi connectivity index (χ1n) is 13.5. The van der Waals surface area contributed by atoms with Crippen LogP contribution in [0.5, 0.6) is 0 Å². The fraction of sp³-hybridized carbons (Fsp3) is 0.171. The van der Waals surface area contributed by atoms with Crippen molar-refractivity contribution in [3.05, 3.63) is 137 Å². The molecule has 0 saturated heterocycles. The smallest absolute Gasteiger partial charge is 0.174 e. The van der Waals surface area contributed by atoms with Crippen molar-refractivity contribution in [3.63, 3.8) is 0 Å². The van der Waals surface area contributed by atoms with Crippen LogP contribution in [0.25, 0.3) is 21.9 Å². The number of pyridine rings is 1. The second-order valence-electron chi connectivity index (χ2n) is 10.5. The molecular weight excluding hydrogens is 499 g/mol. The molecule has 0 N–H and O–H groups in total. The first-order chi connectivity index (χ1) is 19.4. The monoisotopic (exact) mass is 528 g/mol. The molecule has 198 valence electrons. The number of halogens is 1. The van der Waals surface area contributed by atoms with Crippen LogP contribution >= 0.6 is 0 Å². The minimum Gasteiger partial charge on any atom is -0.385 e. The van der Waals surface area contributed by atoms with Gasteiger partial charge in [-0.05, 0) is 76.7 Å². The Bertz CT molecular complexity index is 1750. The molecule has 2 heterocycles. The Morgan fingerprint density at radius 1 is 0.925 bits per heavy atom. The molecule has 0 amide bonds. The van der Waals surface area contributed by atoms with Gasteiger partial charge in [0.2, 0.25) is 0 Å². The van der Waals surface area contributed by atoms with Crippen LogP contribution in [0.3, 0.4) is 0 Å². The molecule has 1 aromatic heterocycles. The number of carbonyl (C=O) groups is 1. The summed E-state index contributed by atoms with van der Waals surface area (Å²) in [6.45, 7) is 3.92. The first kappa shape index (κ1) is 25.6. The lowest BCUT2D eigenvalue weighted by molar-refractivity contribution is 0.0826. The Labute approximate surface area is 233 Å². The molecule has 40 heavy (non-hydrogen) atoms. The zero-order valence-electron chi connectivity index (χ0n) is 22.5. The minimum atomic E-state index is -0.323. The predicted octanol–water partition coefficient (Wildman–Crippen LogP) is 8.59. The number of benzene rings is 4. The molecule has 5 aromatic rings. The van der Waals surface area contributed by atoms with E-state index in [-0.39, 0.29) is 23.6 Å². The van der Waals surface area contributed by atoms with E-state index in [9.17, 15) is 4.79 Å². The highest BCUT2D eigenvalue weighted by atomic mass is 19.1. The molecule has 1 aliphatic rings. The van der Waals surface area contributed by atoms with Gasteiger partial charge in [-0.3, -0.25) is 9.78 Å². The average Bonchev–Trinajstić information content (AvgIpc) is 3.48. The van der Waals surface area contributed by atoms with Crippen LogP contribution in [-0.4, -0.2) is 16.5 Å². The third kappa shape index (κ3) is 5.28. The van der Waals surface area contributed by atoms with Gasteiger partial charge in [-0.1, -0.05) is 72.7 Å². The van der Waals surface area contributed by atoms with Gasteiger partial charge in [-0.2, -0.15) is 0 Å². The molecule has 0 spiro atoms. The Hall–Kier alpha value is -4.64. The molecule has 0 fully saturated rings. The molecule has 2 atom stereocenters. The van der Waals surface area contributed by atoms with Gasteiger partial charge in [0.05, 0.1) is 11.4 Å². The van der Waals surface area contributed by atoms with Crippen molar-refractivity contribution in [2.24, 2.45) is 5.16 Å². The van der Waals surface area contributed by atoms with E-state index >= 15 is 4.39 Å². The molecule has 6 rings (SSSR count). The third-order valence-electron chi connectivity index (χ3n) is 7.54. The van der Waals surface area contributed by atoms with Crippen molar-refractivity contribution in [2.45, 2.75) is 38.7 Å². The number of oxime groups is 1. The zero-order chi connectivity index (χ0) is 27.6. The summed E-state index contributed by atoms with van der Waals surface area (Å²) >= 11 is 0. The lowest BCUT2D eigenvalue weighted by atomic mass is 9.89. The van der Waals surface area contributed by atoms with Crippen LogP contribution in [0.1, 0.15) is 64.5 Å². The second kappa shape index (κ2) is 10.9. The first-order valence-corrected chi connectivity index (χ1v) is 13.5. The lowest BCUT2D eigenvalue weighted by Gasteiger charge is -2.14. The van der Waals surface area contributed by atoms with Crippen LogP contribution < -0.4 is 0 Å². The van der Waals surface area contributed by atoms with Crippen LogP contribution in [0.15, 0.2) is 108 Å². The van der Waals surface area contributed by atoms with E-state index in [0.717, 1.165) is 27.8 Å². The van der Waals surface area contributed by atoms with E-state index in [1.165, 1.54) is 11.5 Å². The van der Waals surface area contributed by atoms with Crippen molar-refractivity contribution >= 4 is 22.3 Å². The average molecular weight is 529 g/mol. The Morgan fingerprint density at radius 3 is 2.52 bits per heavy atom. The SMILES string of the molecule is Cc1ccc(-c2cc(C(=O)C[C@@H](C)c3ccc4ccccc4c3)cc(C3=NOC(c4ccccn4)C3)c2)c(F)c1. The maximum atomic E-state index is 15.1. The number of Topliss-reactive ketones (excluding diaryl/α,β-unsaturated/α-hetero) is 1. The van der Waals surface area contributed by atoms with E-state index in [1.54, 1.807) is 18.3 Å². The van der Waals surface area contributed by atoms with E-state index in [4.69, 9.17) is 4.84 Å². The van der Waals surface area contributed by atoms with Gasteiger partial charge in [-0.25, -0.2) is 4.39 Å². The number of aryl methyl sites for hydroxylation is 1. The molecule has 1 unspecified atom stereocenters. The highest BCUT2D eigenvalue weighted by molar-refractivity contribution is 6.06. The summed E-state index contributed by atoms with van der Waals surface area (Å²) in [6, 6.07) is 30.9. The van der Waals surface area contributed by atoms with Gasteiger partial charge in [-0.15, -0.1) is 0 Å². The van der Waals surface area contributed by atoms with Crippen LogP contribution in [-0.2, 0) is 4.84 Å². The van der Waals surface area contributed by atoms with Crippen molar-refractivity contribution in [2.75, 3.05) is 0 Å². The van der Waals surface area contributed by atoms with E-state index in [0.29, 0.717) is 35.2 Å². The molecule has 0 aliphatic carbocycles. The number of hydrogen-bond acceptors (Lipinski definition) is 4. The number of aromatic nitrogens is 1. The Kier molecular flexibility index (Phi) is 6.95. The van der Waals surface area contributed by atoms with Gasteiger partial charge in [0.15, 0.2) is 11.9 Å². The molecule has 4 aromatic carbocycles. The Balaban J connectivity index is 1.32. The van der Waals surface area contributed by atoms with Gasteiger partial charge in [0, 0.05) is 35.7 Å². The topological polar surface area (TPSA) is 51.5 Å². The van der Waals surface area contributed by atoms with Crippen LogP contribution in [0.4, 0.5) is 4.39 Å². The quantitative estimate of drug-likeness (QED) is 0.199. The predicted molar refractivity (Wildman–Crippen MR) is 157 cm³/mol. The van der Waals surface area contributed by atoms with Crippen LogP contribution in [0.2, 0.25) is 0 Å². The van der Waals surface area contributed by atoms with E-state index in [2.05, 4.69) is 47.4 Å². The molecule has 4 nitrogen and oxygen atoms in total. The second-order valence-corrected chi connectivity index (χ2v) is 10.5. The molecule has 0 radical (unpaired) electrons. The standard InChI is InChI=1S/C35H29FN2O2/c1-22-10-13-30(31(36)15-22)27-18-28(33-21-35(40-38-33)32-9-5-6-14-37-32)20-29(19-27)34(39)16-23(2)25-12-11-24-7-3-4-8-26(24)17-25/h3-15,17-20,23,35H,16,21H2,1-2H3/t23-,35?/m1/s1. The maximum Gasteiger partial charge on any atom is 0.174 e. The number of rotatable bonds is 7. The number of hydrogen-bond donors (Lipinski definition) is 0. The normalized spacial score (nSPS) is 15.5. The van der Waals surface area contributed by atoms with Crippen molar-refractivity contribution in [3.8, 4) is 11.1 Å². The van der Waals surface area contributed by atoms with Gasteiger partial charge < -0.3 is 4.84 Å². The summed E-state index contributed by atoms with van der Waals surface area (Å²) in [5.41, 5.74) is 5.82. The number of fused-ring (bicyclic) bond motifs is 1. The highest BCUT2D eigenvalue weighted by Crippen LogP contribution is 2.33. The van der Waals surface area contributed by atoms with Crippen LogP contribution in [0, 0.1) is 12.7 Å². The molecule has 1 aliphatic heterocycles. The summed E-state index contributed by atoms with van der Waals surface area (Å²) in [6.07, 6.45) is 2.27. The summed E-state index contributed by atoms with van der Waals surface area (Å²) in [5.74, 6) is -0.311. The third-order valence-corrected chi connectivity index (χ3v) is 7.54. The fourth-order valence-electron chi connectivity index (χ4n) is 5.27. The summed E-state index contributed by atoms with van der Waals surface area (Å²) in [7, 11) is 0.